The van der Waals surface area contributed by atoms with Crippen molar-refractivity contribution in [3.05, 3.63) is 93.0 Å². The molecule has 9 nitrogen and oxygen atoms in total. The molecule has 3 aromatic rings. The molecule has 0 heterocycles. The number of hydrogen-bond acceptors (Lipinski definition) is 7. The lowest BCUT2D eigenvalue weighted by molar-refractivity contribution is -0.384. The number of nitrogens with zero attached hydrogens (tertiary/aromatic N) is 3. The quantitative estimate of drug-likeness (QED) is 0.307. The van der Waals surface area contributed by atoms with Crippen molar-refractivity contribution in [1.29, 1.82) is 5.26 Å². The highest BCUT2D eigenvalue weighted by atomic mass is 35.5. The lowest BCUT2D eigenvalue weighted by atomic mass is 10.2. The molecule has 0 aliphatic carbocycles. The molecule has 3 rings (SSSR count). The van der Waals surface area contributed by atoms with Crippen LogP contribution < -0.4 is 14.9 Å². The molecule has 1 N–H and O–H groups in total. The first kappa shape index (κ1) is 22.3. The third-order valence-electron chi connectivity index (χ3n) is 3.99. The van der Waals surface area contributed by atoms with Gasteiger partial charge in [0.1, 0.15) is 28.9 Å². The van der Waals surface area contributed by atoms with Crippen LogP contribution in [0.3, 0.4) is 0 Å². The van der Waals surface area contributed by atoms with Crippen LogP contribution in [0.1, 0.15) is 11.1 Å². The van der Waals surface area contributed by atoms with E-state index in [-0.39, 0.29) is 23.6 Å². The van der Waals surface area contributed by atoms with E-state index in [1.165, 1.54) is 18.3 Å². The molecule has 3 aromatic carbocycles. The zero-order chi connectivity index (χ0) is 22.9. The van der Waals surface area contributed by atoms with Gasteiger partial charge in [0.15, 0.2) is 6.61 Å². The zero-order valence-electron chi connectivity index (χ0n) is 16.4. The molecule has 0 radical (unpaired) electrons. The van der Waals surface area contributed by atoms with Gasteiger partial charge in [-0.3, -0.25) is 14.9 Å². The number of non-ortho nitro benzene ring substituents is 1. The number of nitrogens with one attached hydrogen (secondary N) is 1. The molecular weight excluding hydrogens is 436 g/mol. The van der Waals surface area contributed by atoms with Crippen molar-refractivity contribution in [1.82, 2.24) is 5.43 Å². The minimum Gasteiger partial charge on any atom is -0.484 e. The fourth-order valence-electron chi connectivity index (χ4n) is 2.45. The topological polar surface area (TPSA) is 127 Å². The van der Waals surface area contributed by atoms with Crippen molar-refractivity contribution < 1.29 is 19.2 Å². The Bertz CT molecular complexity index is 1190. The number of carbonyl (C=O) groups is 1. The SMILES string of the molecule is N#Cc1cc([N+](=O)[O-])ccc1Oc1ccc(/C=N\NC(=O)COc2ccc(Cl)cc2)cc1. The van der Waals surface area contributed by atoms with Crippen LogP contribution in [-0.2, 0) is 4.79 Å². The van der Waals surface area contributed by atoms with E-state index in [1.807, 2.05) is 6.07 Å². The van der Waals surface area contributed by atoms with E-state index in [1.54, 1.807) is 48.5 Å². The second-order valence-electron chi connectivity index (χ2n) is 6.26. The molecule has 0 saturated carbocycles. The Hall–Kier alpha value is -4.42. The first-order chi connectivity index (χ1) is 15.4. The fourth-order valence-corrected chi connectivity index (χ4v) is 2.57. The molecule has 10 heteroatoms. The van der Waals surface area contributed by atoms with Gasteiger partial charge in [0.2, 0.25) is 0 Å². The van der Waals surface area contributed by atoms with Crippen molar-refractivity contribution in [3.8, 4) is 23.3 Å². The Kier molecular flexibility index (Phi) is 7.35. The number of nitriles is 1. The lowest BCUT2D eigenvalue weighted by Gasteiger charge is -2.07. The molecule has 0 spiro atoms. The first-order valence-corrected chi connectivity index (χ1v) is 9.49. The van der Waals surface area contributed by atoms with E-state index in [4.69, 9.17) is 21.1 Å². The van der Waals surface area contributed by atoms with Gasteiger partial charge in [-0.2, -0.15) is 10.4 Å². The van der Waals surface area contributed by atoms with Crippen LogP contribution in [0.15, 0.2) is 71.8 Å². The molecule has 0 aliphatic rings. The maximum absolute atomic E-state index is 11.8. The first-order valence-electron chi connectivity index (χ1n) is 9.11. The summed E-state index contributed by atoms with van der Waals surface area (Å²) in [5.74, 6) is 0.704. The van der Waals surface area contributed by atoms with Crippen LogP contribution in [0.4, 0.5) is 5.69 Å². The summed E-state index contributed by atoms with van der Waals surface area (Å²) in [6.07, 6.45) is 1.44. The maximum Gasteiger partial charge on any atom is 0.277 e. The second kappa shape index (κ2) is 10.6. The van der Waals surface area contributed by atoms with Gasteiger partial charge in [-0.05, 0) is 60.2 Å². The highest BCUT2D eigenvalue weighted by Gasteiger charge is 2.12. The zero-order valence-corrected chi connectivity index (χ0v) is 17.2. The van der Waals surface area contributed by atoms with Gasteiger partial charge in [0, 0.05) is 17.2 Å². The van der Waals surface area contributed by atoms with Gasteiger partial charge in [-0.25, -0.2) is 5.43 Å². The third kappa shape index (κ3) is 6.29. The molecule has 1 amide bonds. The van der Waals surface area contributed by atoms with Crippen LogP contribution >= 0.6 is 11.6 Å². The second-order valence-corrected chi connectivity index (χ2v) is 6.69. The smallest absolute Gasteiger partial charge is 0.277 e. The molecule has 0 atom stereocenters. The Morgan fingerprint density at radius 2 is 1.81 bits per heavy atom. The minimum atomic E-state index is -0.582. The van der Waals surface area contributed by atoms with Crippen molar-refractivity contribution in [2.24, 2.45) is 5.10 Å². The van der Waals surface area contributed by atoms with Crippen molar-refractivity contribution in [2.75, 3.05) is 6.61 Å². The Morgan fingerprint density at radius 3 is 2.47 bits per heavy atom. The maximum atomic E-state index is 11.8. The highest BCUT2D eigenvalue weighted by molar-refractivity contribution is 6.30. The number of nitro groups is 1. The number of amides is 1. The standard InChI is InChI=1S/C22H15ClN4O5/c23-17-3-8-19(9-4-17)31-14-22(28)26-25-13-15-1-6-20(7-2-15)32-21-10-5-18(27(29)30)11-16(21)12-24/h1-11,13H,14H2,(H,26,28)/b25-13-. The van der Waals surface area contributed by atoms with Crippen LogP contribution in [-0.4, -0.2) is 23.7 Å². The van der Waals surface area contributed by atoms with Gasteiger partial charge in [0.05, 0.1) is 11.1 Å². The molecule has 0 saturated heterocycles. The fraction of sp³-hybridized carbons (Fsp3) is 0.0455. The van der Waals surface area contributed by atoms with Crippen LogP contribution in [0.5, 0.6) is 17.2 Å². The van der Waals surface area contributed by atoms with Gasteiger partial charge in [0.25, 0.3) is 11.6 Å². The third-order valence-corrected chi connectivity index (χ3v) is 4.24. The lowest BCUT2D eigenvalue weighted by Crippen LogP contribution is -2.24. The predicted molar refractivity (Wildman–Crippen MR) is 117 cm³/mol. The minimum absolute atomic E-state index is 0.0494. The summed E-state index contributed by atoms with van der Waals surface area (Å²) in [6.45, 7) is -0.206. The van der Waals surface area contributed by atoms with E-state index < -0.39 is 10.8 Å². The summed E-state index contributed by atoms with van der Waals surface area (Å²) in [5, 5.41) is 24.4. The average molecular weight is 451 g/mol. The van der Waals surface area contributed by atoms with E-state index in [2.05, 4.69) is 10.5 Å². The summed E-state index contributed by atoms with van der Waals surface area (Å²) >= 11 is 5.78. The van der Waals surface area contributed by atoms with E-state index in [0.717, 1.165) is 6.07 Å². The number of hydrogen-bond donors (Lipinski definition) is 1. The molecule has 0 bridgehead atoms. The molecule has 0 aliphatic heterocycles. The Balaban J connectivity index is 1.52. The Morgan fingerprint density at radius 1 is 1.12 bits per heavy atom. The summed E-state index contributed by atoms with van der Waals surface area (Å²) in [6, 6.07) is 18.9. The molecule has 160 valence electrons. The number of hydrazone groups is 1. The van der Waals surface area contributed by atoms with E-state index in [9.17, 15) is 20.2 Å². The number of halogens is 1. The number of carbonyl (C=O) groups excluding carboxylic acids is 1. The van der Waals surface area contributed by atoms with Gasteiger partial charge in [-0.1, -0.05) is 11.6 Å². The summed E-state index contributed by atoms with van der Waals surface area (Å²) in [5.41, 5.74) is 2.89. The van der Waals surface area contributed by atoms with Crippen LogP contribution in [0.25, 0.3) is 0 Å². The number of rotatable bonds is 8. The largest absolute Gasteiger partial charge is 0.484 e. The van der Waals surface area contributed by atoms with Gasteiger partial charge < -0.3 is 9.47 Å². The number of nitro benzene ring substituents is 1. The molecule has 0 unspecified atom stereocenters. The summed E-state index contributed by atoms with van der Waals surface area (Å²) in [4.78, 5) is 22.0. The summed E-state index contributed by atoms with van der Waals surface area (Å²) < 4.78 is 10.9. The number of benzene rings is 3. The van der Waals surface area contributed by atoms with Crippen molar-refractivity contribution in [2.45, 2.75) is 0 Å². The summed E-state index contributed by atoms with van der Waals surface area (Å²) in [7, 11) is 0. The van der Waals surface area contributed by atoms with E-state index in [0.29, 0.717) is 22.1 Å². The highest BCUT2D eigenvalue weighted by Crippen LogP contribution is 2.28. The van der Waals surface area contributed by atoms with Gasteiger partial charge in [-0.15, -0.1) is 0 Å². The van der Waals surface area contributed by atoms with Crippen LogP contribution in [0, 0.1) is 21.4 Å². The molecular formula is C22H15ClN4O5. The van der Waals surface area contributed by atoms with Crippen molar-refractivity contribution >= 4 is 29.4 Å². The molecule has 32 heavy (non-hydrogen) atoms. The molecule has 0 fully saturated rings. The molecule has 0 aromatic heterocycles. The van der Waals surface area contributed by atoms with Gasteiger partial charge >= 0.3 is 0 Å². The van der Waals surface area contributed by atoms with E-state index >= 15 is 0 Å². The monoisotopic (exact) mass is 450 g/mol. The van der Waals surface area contributed by atoms with Crippen LogP contribution in [0.2, 0.25) is 5.02 Å². The van der Waals surface area contributed by atoms with Crippen molar-refractivity contribution in [3.63, 3.8) is 0 Å². The predicted octanol–water partition coefficient (Wildman–Crippen LogP) is 4.44. The Labute approximate surface area is 187 Å². The normalized spacial score (nSPS) is 10.4. The average Bonchev–Trinajstić information content (AvgIpc) is 2.80. The number of ether oxygens (including phenoxy) is 2.